The SMILES string of the molecule is O=C1C2C(C(=O)N1CCCO)[C@H]1CC[C@H]2O1. The molecule has 0 aromatic rings. The zero-order valence-electron chi connectivity index (χ0n) is 8.96. The number of carbonyl (C=O) groups excluding carboxylic acids is 2. The fourth-order valence-corrected chi connectivity index (χ4v) is 3.22. The van der Waals surface area contributed by atoms with E-state index < -0.39 is 0 Å². The second-order valence-electron chi connectivity index (χ2n) is 4.75. The highest BCUT2D eigenvalue weighted by Crippen LogP contribution is 2.48. The summed E-state index contributed by atoms with van der Waals surface area (Å²) in [5, 5.41) is 8.74. The summed E-state index contributed by atoms with van der Waals surface area (Å²) in [7, 11) is 0. The molecule has 1 N–H and O–H groups in total. The van der Waals surface area contributed by atoms with Gasteiger partial charge in [-0.05, 0) is 19.3 Å². The highest BCUT2D eigenvalue weighted by atomic mass is 16.5. The smallest absolute Gasteiger partial charge is 0.235 e. The minimum absolute atomic E-state index is 0.00967. The van der Waals surface area contributed by atoms with Crippen LogP contribution in [-0.4, -0.2) is 47.2 Å². The number of aliphatic hydroxyl groups is 1. The number of hydrogen-bond donors (Lipinski definition) is 1. The zero-order chi connectivity index (χ0) is 11.3. The highest BCUT2D eigenvalue weighted by Gasteiger charge is 2.61. The lowest BCUT2D eigenvalue weighted by molar-refractivity contribution is -0.142. The first-order chi connectivity index (χ1) is 7.74. The topological polar surface area (TPSA) is 66.8 Å². The van der Waals surface area contributed by atoms with Crippen LogP contribution in [0.4, 0.5) is 0 Å². The van der Waals surface area contributed by atoms with E-state index in [4.69, 9.17) is 9.84 Å². The number of rotatable bonds is 3. The molecule has 0 spiro atoms. The van der Waals surface area contributed by atoms with Gasteiger partial charge in [-0.1, -0.05) is 0 Å². The van der Waals surface area contributed by atoms with E-state index in [1.54, 1.807) is 0 Å². The average molecular weight is 225 g/mol. The van der Waals surface area contributed by atoms with Gasteiger partial charge in [0.2, 0.25) is 11.8 Å². The van der Waals surface area contributed by atoms with Gasteiger partial charge < -0.3 is 9.84 Å². The monoisotopic (exact) mass is 225 g/mol. The molecule has 4 atom stereocenters. The van der Waals surface area contributed by atoms with E-state index in [0.29, 0.717) is 13.0 Å². The molecule has 0 aromatic carbocycles. The van der Waals surface area contributed by atoms with Crippen LogP contribution in [0.15, 0.2) is 0 Å². The predicted octanol–water partition coefficient (Wildman–Crippen LogP) is -0.469. The quantitative estimate of drug-likeness (QED) is 0.659. The second kappa shape index (κ2) is 3.53. The summed E-state index contributed by atoms with van der Waals surface area (Å²) < 4.78 is 5.62. The summed E-state index contributed by atoms with van der Waals surface area (Å²) in [5.41, 5.74) is 0. The Morgan fingerprint density at radius 3 is 2.25 bits per heavy atom. The molecule has 3 heterocycles. The van der Waals surface area contributed by atoms with Crippen LogP contribution in [0.2, 0.25) is 0 Å². The molecular weight excluding hydrogens is 210 g/mol. The number of fused-ring (bicyclic) bond motifs is 5. The Labute approximate surface area is 93.4 Å². The largest absolute Gasteiger partial charge is 0.396 e. The Kier molecular flexibility index (Phi) is 2.26. The van der Waals surface area contributed by atoms with Gasteiger partial charge in [-0.2, -0.15) is 0 Å². The van der Waals surface area contributed by atoms with E-state index in [9.17, 15) is 9.59 Å². The minimum atomic E-state index is -0.232. The molecule has 2 bridgehead atoms. The molecule has 2 amide bonds. The fraction of sp³-hybridized carbons (Fsp3) is 0.818. The van der Waals surface area contributed by atoms with E-state index in [2.05, 4.69) is 0 Å². The van der Waals surface area contributed by atoms with Gasteiger partial charge in [0, 0.05) is 13.2 Å². The Morgan fingerprint density at radius 2 is 1.75 bits per heavy atom. The number of nitrogens with zero attached hydrogens (tertiary/aromatic N) is 1. The number of hydrogen-bond acceptors (Lipinski definition) is 4. The van der Waals surface area contributed by atoms with Crippen molar-refractivity contribution >= 4 is 11.8 Å². The van der Waals surface area contributed by atoms with Crippen molar-refractivity contribution in [3.05, 3.63) is 0 Å². The zero-order valence-corrected chi connectivity index (χ0v) is 8.96. The van der Waals surface area contributed by atoms with Crippen molar-refractivity contribution in [2.24, 2.45) is 11.8 Å². The first kappa shape index (κ1) is 10.2. The lowest BCUT2D eigenvalue weighted by atomic mass is 9.81. The van der Waals surface area contributed by atoms with Gasteiger partial charge in [-0.15, -0.1) is 0 Å². The molecule has 3 rings (SSSR count). The van der Waals surface area contributed by atoms with Crippen molar-refractivity contribution in [2.75, 3.05) is 13.2 Å². The van der Waals surface area contributed by atoms with Crippen molar-refractivity contribution in [2.45, 2.75) is 31.5 Å². The van der Waals surface area contributed by atoms with Crippen LogP contribution in [-0.2, 0) is 14.3 Å². The molecule has 0 aromatic heterocycles. The molecule has 0 aliphatic carbocycles. The van der Waals surface area contributed by atoms with E-state index in [-0.39, 0.29) is 42.5 Å². The molecule has 3 aliphatic rings. The van der Waals surface area contributed by atoms with Gasteiger partial charge in [0.15, 0.2) is 0 Å². The standard InChI is InChI=1S/C11H15NO4/c13-5-1-4-12-10(14)8-6-2-3-7(16-6)9(8)11(12)15/h6-9,13H,1-5H2/t6-,7-,8?,9?/m1/s1. The Balaban J connectivity index is 1.81. The number of ether oxygens (including phenoxy) is 1. The normalized spacial score (nSPS) is 40.9. The summed E-state index contributed by atoms with van der Waals surface area (Å²) in [6.45, 7) is 0.357. The van der Waals surface area contributed by atoms with Crippen LogP contribution in [0.5, 0.6) is 0 Å². The third-order valence-corrected chi connectivity index (χ3v) is 3.92. The summed E-state index contributed by atoms with van der Waals surface area (Å²) >= 11 is 0. The highest BCUT2D eigenvalue weighted by molar-refractivity contribution is 6.06. The molecule has 2 unspecified atom stereocenters. The molecule has 3 aliphatic heterocycles. The summed E-state index contributed by atoms with van der Waals surface area (Å²) in [4.78, 5) is 25.4. The predicted molar refractivity (Wildman–Crippen MR) is 53.3 cm³/mol. The first-order valence-corrected chi connectivity index (χ1v) is 5.85. The number of amides is 2. The average Bonchev–Trinajstić information content (AvgIpc) is 2.92. The molecule has 0 radical (unpaired) electrons. The lowest BCUT2D eigenvalue weighted by Gasteiger charge is -2.16. The number of carbonyl (C=O) groups is 2. The summed E-state index contributed by atoms with van der Waals surface area (Å²) in [6.07, 6.45) is 2.20. The van der Waals surface area contributed by atoms with Gasteiger partial charge >= 0.3 is 0 Å². The maximum atomic E-state index is 12.0. The Morgan fingerprint density at radius 1 is 1.19 bits per heavy atom. The maximum Gasteiger partial charge on any atom is 0.235 e. The molecule has 5 nitrogen and oxygen atoms in total. The van der Waals surface area contributed by atoms with Crippen LogP contribution in [0, 0.1) is 11.8 Å². The third kappa shape index (κ3) is 1.18. The molecule has 0 saturated carbocycles. The Hall–Kier alpha value is -0.940. The van der Waals surface area contributed by atoms with Crippen molar-refractivity contribution in [1.82, 2.24) is 4.90 Å². The van der Waals surface area contributed by atoms with Gasteiger partial charge in [0.05, 0.1) is 24.0 Å². The van der Waals surface area contributed by atoms with Gasteiger partial charge in [-0.3, -0.25) is 14.5 Å². The molecular formula is C11H15NO4. The van der Waals surface area contributed by atoms with Gasteiger partial charge in [-0.25, -0.2) is 0 Å². The van der Waals surface area contributed by atoms with Crippen molar-refractivity contribution < 1.29 is 19.4 Å². The van der Waals surface area contributed by atoms with Crippen LogP contribution in [0.25, 0.3) is 0 Å². The Bertz CT molecular complexity index is 315. The third-order valence-electron chi connectivity index (χ3n) is 3.92. The number of likely N-dealkylation sites (tertiary alicyclic amines) is 1. The van der Waals surface area contributed by atoms with E-state index >= 15 is 0 Å². The lowest BCUT2D eigenvalue weighted by Crippen LogP contribution is -2.35. The van der Waals surface area contributed by atoms with Crippen molar-refractivity contribution in [1.29, 1.82) is 0 Å². The van der Waals surface area contributed by atoms with Crippen LogP contribution >= 0.6 is 0 Å². The molecule has 3 fully saturated rings. The van der Waals surface area contributed by atoms with Crippen molar-refractivity contribution in [3.8, 4) is 0 Å². The minimum Gasteiger partial charge on any atom is -0.396 e. The van der Waals surface area contributed by atoms with Crippen LogP contribution < -0.4 is 0 Å². The molecule has 88 valence electrons. The molecule has 3 saturated heterocycles. The summed E-state index contributed by atoms with van der Waals surface area (Å²) in [5.74, 6) is -0.638. The summed E-state index contributed by atoms with van der Waals surface area (Å²) in [6, 6.07) is 0. The van der Waals surface area contributed by atoms with Gasteiger partial charge in [0.25, 0.3) is 0 Å². The number of aliphatic hydroxyl groups excluding tert-OH is 1. The van der Waals surface area contributed by atoms with E-state index in [1.165, 1.54) is 4.90 Å². The maximum absolute atomic E-state index is 12.0. The fourth-order valence-electron chi connectivity index (χ4n) is 3.22. The molecule has 16 heavy (non-hydrogen) atoms. The second-order valence-corrected chi connectivity index (χ2v) is 4.75. The number of imide groups is 1. The van der Waals surface area contributed by atoms with Crippen LogP contribution in [0.3, 0.4) is 0 Å². The van der Waals surface area contributed by atoms with Crippen molar-refractivity contribution in [3.63, 3.8) is 0 Å². The van der Waals surface area contributed by atoms with E-state index in [0.717, 1.165) is 12.8 Å². The molecule has 5 heteroatoms. The van der Waals surface area contributed by atoms with Crippen LogP contribution in [0.1, 0.15) is 19.3 Å². The van der Waals surface area contributed by atoms with E-state index in [1.807, 2.05) is 0 Å². The van der Waals surface area contributed by atoms with Gasteiger partial charge in [0.1, 0.15) is 0 Å². The first-order valence-electron chi connectivity index (χ1n) is 5.85.